The van der Waals surface area contributed by atoms with Gasteiger partial charge in [-0.2, -0.15) is 39.0 Å². The van der Waals surface area contributed by atoms with Gasteiger partial charge < -0.3 is 13.7 Å². The van der Waals surface area contributed by atoms with Crippen molar-refractivity contribution in [2.45, 2.75) is 69.9 Å². The lowest BCUT2D eigenvalue weighted by Crippen LogP contribution is -2.49. The smallest absolute Gasteiger partial charge is 0.483 e. The van der Waals surface area contributed by atoms with Gasteiger partial charge in [-0.1, -0.05) is 0 Å². The molecular formula is C21H32F6N2O6S2. The van der Waals surface area contributed by atoms with Gasteiger partial charge in [-0.25, -0.2) is 0 Å². The zero-order valence-electron chi connectivity index (χ0n) is 20.9. The first-order chi connectivity index (χ1) is 16.9. The van der Waals surface area contributed by atoms with Crippen LogP contribution in [0.4, 0.5) is 26.3 Å². The molecule has 0 saturated carbocycles. The molecule has 37 heavy (non-hydrogen) atoms. The molecule has 0 aromatic rings. The molecular weight excluding hydrogens is 554 g/mol. The first-order valence-electron chi connectivity index (χ1n) is 11.3. The van der Waals surface area contributed by atoms with E-state index in [1.165, 1.54) is 6.08 Å². The van der Waals surface area contributed by atoms with E-state index in [1.807, 2.05) is 18.7 Å². The zero-order chi connectivity index (χ0) is 28.7. The molecule has 3 aliphatic heterocycles. The summed E-state index contributed by atoms with van der Waals surface area (Å²) >= 11 is 2.83. The third-order valence-corrected chi connectivity index (χ3v) is 6.84. The highest BCUT2D eigenvalue weighted by molar-refractivity contribution is 7.87. The van der Waals surface area contributed by atoms with Gasteiger partial charge >= 0.3 is 21.8 Å². The number of hydrogen-bond donors (Lipinski definition) is 0. The third kappa shape index (κ3) is 9.96. The van der Waals surface area contributed by atoms with E-state index in [2.05, 4.69) is 21.6 Å². The van der Waals surface area contributed by atoms with Gasteiger partial charge in [-0.3, -0.25) is 9.80 Å². The second-order valence-corrected chi connectivity index (χ2v) is 10.7. The minimum atomic E-state index is -5.52. The van der Waals surface area contributed by atoms with Crippen LogP contribution in [0.5, 0.6) is 0 Å². The van der Waals surface area contributed by atoms with Gasteiger partial charge in [0.25, 0.3) is 0 Å². The van der Waals surface area contributed by atoms with Gasteiger partial charge in [0, 0.05) is 51.1 Å². The number of nitrogens with zero attached hydrogens (tertiary/aromatic N) is 2. The van der Waals surface area contributed by atoms with E-state index in [1.54, 1.807) is 6.08 Å². The van der Waals surface area contributed by atoms with Gasteiger partial charge in [0.2, 0.25) is 0 Å². The Morgan fingerprint density at radius 1 is 1.03 bits per heavy atom. The zero-order valence-corrected chi connectivity index (χ0v) is 22.5. The summed E-state index contributed by atoms with van der Waals surface area (Å²) in [6.07, 6.45) is -0.608. The lowest BCUT2D eigenvalue weighted by Gasteiger charge is -2.40. The lowest BCUT2D eigenvalue weighted by molar-refractivity contribution is -0.253. The van der Waals surface area contributed by atoms with E-state index in [0.29, 0.717) is 45.0 Å². The molecule has 1 atom stereocenters. The molecule has 1 saturated heterocycles. The topological polar surface area (TPSA) is 85.4 Å². The number of halogens is 6. The Kier molecular flexibility index (Phi) is 12.3. The Labute approximate surface area is 218 Å². The quantitative estimate of drug-likeness (QED) is 0.271. The van der Waals surface area contributed by atoms with Crippen LogP contribution in [0, 0.1) is 0 Å². The highest BCUT2D eigenvalue weighted by Gasteiger charge is 2.50. The highest BCUT2D eigenvalue weighted by atomic mass is 32.2. The summed E-state index contributed by atoms with van der Waals surface area (Å²) in [5.74, 6) is 0.281. The molecule has 16 heteroatoms. The summed E-state index contributed by atoms with van der Waals surface area (Å²) in [4.78, 5) is 4.20. The summed E-state index contributed by atoms with van der Waals surface area (Å²) in [5.41, 5.74) is -7.51. The molecule has 0 bridgehead atoms. The minimum absolute atomic E-state index is 0.140. The van der Waals surface area contributed by atoms with E-state index in [4.69, 9.17) is 13.7 Å². The molecule has 1 fully saturated rings. The molecule has 0 spiro atoms. The monoisotopic (exact) mass is 586 g/mol. The van der Waals surface area contributed by atoms with E-state index in [9.17, 15) is 34.8 Å². The molecule has 3 rings (SSSR count). The van der Waals surface area contributed by atoms with Crippen molar-refractivity contribution in [1.29, 1.82) is 0 Å². The van der Waals surface area contributed by atoms with E-state index in [0.717, 1.165) is 20.4 Å². The number of ether oxygens (including phenoxy) is 2. The van der Waals surface area contributed by atoms with Crippen molar-refractivity contribution < 1.29 is 52.6 Å². The molecule has 0 N–H and O–H groups in total. The van der Waals surface area contributed by atoms with Crippen molar-refractivity contribution in [3.8, 4) is 0 Å². The van der Waals surface area contributed by atoms with Crippen LogP contribution in [0.25, 0.3) is 0 Å². The fraction of sp³-hybridized carbons (Fsp3) is 0.810. The van der Waals surface area contributed by atoms with Crippen LogP contribution in [-0.2, 0) is 36.3 Å². The fourth-order valence-corrected chi connectivity index (χ4v) is 4.05. The van der Waals surface area contributed by atoms with Crippen molar-refractivity contribution in [3.63, 3.8) is 0 Å². The van der Waals surface area contributed by atoms with Crippen LogP contribution < -0.4 is 0 Å². The van der Waals surface area contributed by atoms with Gasteiger partial charge in [-0.05, 0) is 39.8 Å². The maximum absolute atomic E-state index is 12.7. The molecule has 0 radical (unpaired) electrons. The van der Waals surface area contributed by atoms with Crippen molar-refractivity contribution >= 4 is 22.7 Å². The van der Waals surface area contributed by atoms with E-state index < -0.39 is 27.4 Å². The lowest BCUT2D eigenvalue weighted by atomic mass is 10.0. The number of fused-ring (bicyclic) bond motifs is 1. The van der Waals surface area contributed by atoms with Crippen LogP contribution in [0.3, 0.4) is 0 Å². The molecule has 8 nitrogen and oxygen atoms in total. The number of hydrogen-bond acceptors (Lipinski definition) is 9. The van der Waals surface area contributed by atoms with E-state index >= 15 is 0 Å². The van der Waals surface area contributed by atoms with Crippen LogP contribution in [0.15, 0.2) is 23.7 Å². The predicted molar refractivity (Wildman–Crippen MR) is 124 cm³/mol. The second-order valence-electron chi connectivity index (χ2n) is 9.20. The highest BCUT2D eigenvalue weighted by Crippen LogP contribution is 2.36. The van der Waals surface area contributed by atoms with Gasteiger partial charge in [0.1, 0.15) is 5.76 Å². The number of rotatable bonds is 5. The molecule has 3 aliphatic rings. The SMILES string of the molecule is CC(C)(OC1=CCN2CCOCC2C1)C(F)(F)F.CC(C)N1CC=C(OS(=O)(=O)C(F)(F)F)CC1.O=S. The molecule has 0 amide bonds. The summed E-state index contributed by atoms with van der Waals surface area (Å²) in [6, 6.07) is 0.398. The van der Waals surface area contributed by atoms with Crippen LogP contribution in [0.2, 0.25) is 0 Å². The Morgan fingerprint density at radius 3 is 2.11 bits per heavy atom. The summed E-state index contributed by atoms with van der Waals surface area (Å²) in [6.45, 7) is 9.60. The summed E-state index contributed by atoms with van der Waals surface area (Å²) < 4.78 is 118. The Hall–Kier alpha value is -1.49. The van der Waals surface area contributed by atoms with Gasteiger partial charge in [-0.15, -0.1) is 0 Å². The molecule has 0 aromatic heterocycles. The number of morpholine rings is 1. The van der Waals surface area contributed by atoms with Crippen LogP contribution in [0.1, 0.15) is 40.5 Å². The summed E-state index contributed by atoms with van der Waals surface area (Å²) in [7, 11) is -5.52. The molecule has 0 aliphatic carbocycles. The normalized spacial score (nSPS) is 21.9. The van der Waals surface area contributed by atoms with Gasteiger partial charge in [0.05, 0.1) is 19.0 Å². The molecule has 1 unspecified atom stereocenters. The molecule has 216 valence electrons. The summed E-state index contributed by atoms with van der Waals surface area (Å²) in [5, 5.41) is 0. The maximum atomic E-state index is 12.7. The van der Waals surface area contributed by atoms with Crippen molar-refractivity contribution in [3.05, 3.63) is 23.7 Å². The predicted octanol–water partition coefficient (Wildman–Crippen LogP) is 3.85. The maximum Gasteiger partial charge on any atom is 0.534 e. The Morgan fingerprint density at radius 2 is 1.62 bits per heavy atom. The van der Waals surface area contributed by atoms with Crippen LogP contribution in [-0.4, -0.2) is 91.2 Å². The largest absolute Gasteiger partial charge is 0.534 e. The third-order valence-electron chi connectivity index (χ3n) is 5.84. The average Bonchev–Trinajstić information content (AvgIpc) is 2.79. The Bertz CT molecular complexity index is 906. The van der Waals surface area contributed by atoms with Crippen molar-refractivity contribution in [2.24, 2.45) is 0 Å². The number of alkyl halides is 6. The second kappa shape index (κ2) is 13.5. The van der Waals surface area contributed by atoms with Crippen molar-refractivity contribution in [1.82, 2.24) is 9.80 Å². The molecule has 3 heterocycles. The first-order valence-corrected chi connectivity index (χ1v) is 13.0. The standard InChI is InChI=1S/C12H18F3NO2.C9H14F3NO3S.OS/c1-11(2,12(13,14)15)18-10-3-4-16-5-6-17-8-9(16)7-10;1-7(2)13-5-3-8(4-6-13)16-17(14,15)9(10,11)12;1-2/h3,9H,4-8H2,1-2H3;3,7H,4-6H2,1-2H3;. The van der Waals surface area contributed by atoms with Gasteiger partial charge in [0.15, 0.2) is 18.1 Å². The van der Waals surface area contributed by atoms with Crippen molar-refractivity contribution in [2.75, 3.05) is 39.4 Å². The average molecular weight is 587 g/mol. The Balaban J connectivity index is 0.000000348. The fourth-order valence-electron chi connectivity index (χ4n) is 3.52. The minimum Gasteiger partial charge on any atom is -0.483 e. The van der Waals surface area contributed by atoms with E-state index in [-0.39, 0.29) is 24.3 Å². The first kappa shape index (κ1) is 33.5. The molecule has 0 aromatic carbocycles. The van der Waals surface area contributed by atoms with Crippen LogP contribution >= 0.6 is 0 Å².